The van der Waals surface area contributed by atoms with Gasteiger partial charge in [0.05, 0.1) is 12.5 Å². The van der Waals surface area contributed by atoms with Crippen LogP contribution in [0.2, 0.25) is 0 Å². The summed E-state index contributed by atoms with van der Waals surface area (Å²) in [4.78, 5) is 31.1. The van der Waals surface area contributed by atoms with Gasteiger partial charge in [0.2, 0.25) is 0 Å². The van der Waals surface area contributed by atoms with Crippen LogP contribution in [0.1, 0.15) is 24.6 Å². The smallest absolute Gasteiger partial charge is 0.305 e. The van der Waals surface area contributed by atoms with Crippen molar-refractivity contribution in [3.8, 4) is 11.4 Å². The van der Waals surface area contributed by atoms with Crippen molar-refractivity contribution in [3.63, 3.8) is 0 Å². The fourth-order valence-electron chi connectivity index (χ4n) is 2.74. The van der Waals surface area contributed by atoms with Gasteiger partial charge in [-0.05, 0) is 18.9 Å². The Morgan fingerprint density at radius 3 is 2.72 bits per heavy atom. The van der Waals surface area contributed by atoms with Crippen molar-refractivity contribution in [1.82, 2.24) is 9.55 Å². The van der Waals surface area contributed by atoms with Crippen LogP contribution >= 0.6 is 11.3 Å². The van der Waals surface area contributed by atoms with Gasteiger partial charge >= 0.3 is 5.97 Å². The van der Waals surface area contributed by atoms with Crippen molar-refractivity contribution in [2.24, 2.45) is 0 Å². The number of carbonyl (C=O) groups excluding carboxylic acids is 1. The molecule has 2 heterocycles. The molecule has 0 fully saturated rings. The fourth-order valence-corrected chi connectivity index (χ4v) is 3.70. The minimum absolute atomic E-state index is 0.0512. The second-order valence-corrected chi connectivity index (χ2v) is 6.84. The Labute approximate surface area is 149 Å². The maximum absolute atomic E-state index is 13.0. The highest BCUT2D eigenvalue weighted by Gasteiger charge is 2.15. The highest BCUT2D eigenvalue weighted by molar-refractivity contribution is 7.18. The topological polar surface area (TPSA) is 61.2 Å². The van der Waals surface area contributed by atoms with E-state index in [9.17, 15) is 9.59 Å². The Kier molecular flexibility index (Phi) is 5.28. The van der Waals surface area contributed by atoms with E-state index in [1.807, 2.05) is 36.4 Å². The molecule has 0 amide bonds. The standard InChI is InChI=1S/C19H20N2O3S/c1-3-14-12-15-18(25-14)20-17(13-8-5-4-6-9-13)21(19(15)23)11-7-10-16(22)24-2/h4-6,8-9,12H,3,7,10-11H2,1-2H3. The number of thiophene rings is 1. The fraction of sp³-hybridized carbons (Fsp3) is 0.316. The first-order valence-corrected chi connectivity index (χ1v) is 9.11. The van der Waals surface area contributed by atoms with Crippen LogP contribution in [0.25, 0.3) is 21.6 Å². The molecule has 0 N–H and O–H groups in total. The molecule has 0 atom stereocenters. The van der Waals surface area contributed by atoms with Crippen molar-refractivity contribution in [2.45, 2.75) is 32.7 Å². The Morgan fingerprint density at radius 1 is 1.28 bits per heavy atom. The van der Waals surface area contributed by atoms with Crippen LogP contribution in [0.15, 0.2) is 41.2 Å². The molecule has 6 heteroatoms. The Morgan fingerprint density at radius 2 is 2.04 bits per heavy atom. The van der Waals surface area contributed by atoms with E-state index in [4.69, 9.17) is 4.98 Å². The molecule has 25 heavy (non-hydrogen) atoms. The molecule has 5 nitrogen and oxygen atoms in total. The molecule has 0 aliphatic rings. The van der Waals surface area contributed by atoms with Crippen LogP contribution in [-0.4, -0.2) is 22.6 Å². The van der Waals surface area contributed by atoms with Gasteiger partial charge in [-0.3, -0.25) is 14.2 Å². The minimum atomic E-state index is -0.271. The summed E-state index contributed by atoms with van der Waals surface area (Å²) in [6, 6.07) is 11.6. The summed E-state index contributed by atoms with van der Waals surface area (Å²) in [7, 11) is 1.37. The number of aromatic nitrogens is 2. The van der Waals surface area contributed by atoms with Gasteiger partial charge in [0.25, 0.3) is 5.56 Å². The molecule has 3 aromatic rings. The number of aryl methyl sites for hydroxylation is 1. The van der Waals surface area contributed by atoms with Crippen LogP contribution in [-0.2, 0) is 22.5 Å². The van der Waals surface area contributed by atoms with Gasteiger partial charge in [0.1, 0.15) is 10.7 Å². The normalized spacial score (nSPS) is 11.0. The quantitative estimate of drug-likeness (QED) is 0.633. The van der Waals surface area contributed by atoms with Crippen LogP contribution in [0.4, 0.5) is 0 Å². The highest BCUT2D eigenvalue weighted by atomic mass is 32.1. The van der Waals surface area contributed by atoms with Crippen molar-refractivity contribution < 1.29 is 9.53 Å². The van der Waals surface area contributed by atoms with Crippen molar-refractivity contribution in [2.75, 3.05) is 7.11 Å². The predicted molar refractivity (Wildman–Crippen MR) is 99.9 cm³/mol. The molecule has 3 rings (SSSR count). The van der Waals surface area contributed by atoms with Gasteiger partial charge in [0, 0.05) is 23.4 Å². The Balaban J connectivity index is 2.08. The van der Waals surface area contributed by atoms with Crippen molar-refractivity contribution in [1.29, 1.82) is 0 Å². The summed E-state index contributed by atoms with van der Waals surface area (Å²) in [6.45, 7) is 2.50. The summed E-state index contributed by atoms with van der Waals surface area (Å²) in [5, 5.41) is 0.652. The zero-order valence-electron chi connectivity index (χ0n) is 14.3. The van der Waals surface area contributed by atoms with Gasteiger partial charge in [-0.25, -0.2) is 4.98 Å². The number of ether oxygens (including phenoxy) is 1. The molecule has 0 saturated carbocycles. The Hall–Kier alpha value is -2.47. The minimum Gasteiger partial charge on any atom is -0.469 e. The first-order chi connectivity index (χ1) is 12.1. The van der Waals surface area contributed by atoms with Crippen molar-refractivity contribution in [3.05, 3.63) is 51.6 Å². The lowest BCUT2D eigenvalue weighted by molar-refractivity contribution is -0.140. The lowest BCUT2D eigenvalue weighted by atomic mass is 10.2. The van der Waals surface area contributed by atoms with E-state index in [1.165, 1.54) is 7.11 Å². The maximum atomic E-state index is 13.0. The first kappa shape index (κ1) is 17.4. The van der Waals surface area contributed by atoms with E-state index >= 15 is 0 Å². The van der Waals surface area contributed by atoms with Crippen LogP contribution in [0.5, 0.6) is 0 Å². The summed E-state index contributed by atoms with van der Waals surface area (Å²) in [6.07, 6.45) is 1.69. The van der Waals surface area contributed by atoms with Gasteiger partial charge < -0.3 is 4.74 Å². The maximum Gasteiger partial charge on any atom is 0.305 e. The summed E-state index contributed by atoms with van der Waals surface area (Å²) < 4.78 is 6.35. The van der Waals surface area contributed by atoms with Crippen LogP contribution in [0.3, 0.4) is 0 Å². The molecule has 0 spiro atoms. The van der Waals surface area contributed by atoms with Crippen LogP contribution in [0, 0.1) is 0 Å². The molecule has 0 radical (unpaired) electrons. The first-order valence-electron chi connectivity index (χ1n) is 8.29. The number of benzene rings is 1. The largest absolute Gasteiger partial charge is 0.469 e. The van der Waals surface area contributed by atoms with E-state index in [-0.39, 0.29) is 17.9 Å². The number of fused-ring (bicyclic) bond motifs is 1. The second-order valence-electron chi connectivity index (χ2n) is 5.72. The third-order valence-electron chi connectivity index (χ3n) is 4.07. The molecule has 0 bridgehead atoms. The average Bonchev–Trinajstić information content (AvgIpc) is 3.07. The number of nitrogens with zero attached hydrogens (tertiary/aromatic N) is 2. The number of esters is 1. The molecule has 0 unspecified atom stereocenters. The van der Waals surface area contributed by atoms with Gasteiger partial charge in [-0.1, -0.05) is 37.3 Å². The lowest BCUT2D eigenvalue weighted by Crippen LogP contribution is -2.23. The molecule has 0 saturated heterocycles. The SMILES string of the molecule is CCc1cc2c(=O)n(CCCC(=O)OC)c(-c3ccccc3)nc2s1. The van der Waals surface area contributed by atoms with E-state index in [0.717, 1.165) is 21.7 Å². The van der Waals surface area contributed by atoms with Crippen LogP contribution < -0.4 is 5.56 Å². The average molecular weight is 356 g/mol. The van der Waals surface area contributed by atoms with Crippen molar-refractivity contribution >= 4 is 27.5 Å². The molecule has 2 aromatic heterocycles. The number of hydrogen-bond acceptors (Lipinski definition) is 5. The highest BCUT2D eigenvalue weighted by Crippen LogP contribution is 2.25. The number of carbonyl (C=O) groups is 1. The lowest BCUT2D eigenvalue weighted by Gasteiger charge is -2.12. The number of rotatable bonds is 6. The van der Waals surface area contributed by atoms with E-state index in [2.05, 4.69) is 11.7 Å². The van der Waals surface area contributed by atoms with E-state index in [1.54, 1.807) is 15.9 Å². The zero-order valence-corrected chi connectivity index (χ0v) is 15.1. The molecule has 130 valence electrons. The third kappa shape index (κ3) is 3.64. The van der Waals surface area contributed by atoms with Gasteiger partial charge in [0.15, 0.2) is 0 Å². The number of methoxy groups -OCH3 is 1. The summed E-state index contributed by atoms with van der Waals surface area (Å²) in [5.41, 5.74) is 0.843. The monoisotopic (exact) mass is 356 g/mol. The van der Waals surface area contributed by atoms with Gasteiger partial charge in [-0.2, -0.15) is 0 Å². The predicted octanol–water partition coefficient (Wildman–Crippen LogP) is 3.64. The molecule has 0 aliphatic carbocycles. The third-order valence-corrected chi connectivity index (χ3v) is 5.25. The zero-order chi connectivity index (χ0) is 17.8. The summed E-state index contributed by atoms with van der Waals surface area (Å²) in [5.74, 6) is 0.375. The van der Waals surface area contributed by atoms with E-state index in [0.29, 0.717) is 24.2 Å². The van der Waals surface area contributed by atoms with E-state index < -0.39 is 0 Å². The molecule has 0 aliphatic heterocycles. The Bertz CT molecular complexity index is 944. The molecular weight excluding hydrogens is 336 g/mol. The molecular formula is C19H20N2O3S. The second kappa shape index (κ2) is 7.61. The summed E-state index contributed by atoms with van der Waals surface area (Å²) >= 11 is 1.56. The molecule has 1 aromatic carbocycles. The van der Waals surface area contributed by atoms with Gasteiger partial charge in [-0.15, -0.1) is 11.3 Å². The number of hydrogen-bond donors (Lipinski definition) is 0.